The second-order valence-electron chi connectivity index (χ2n) is 3.53. The van der Waals surface area contributed by atoms with Crippen molar-refractivity contribution in [2.45, 2.75) is 12.1 Å². The van der Waals surface area contributed by atoms with Gasteiger partial charge in [-0.25, -0.2) is 4.98 Å². The highest BCUT2D eigenvalue weighted by atomic mass is 32.2. The van der Waals surface area contributed by atoms with Gasteiger partial charge in [0.2, 0.25) is 0 Å². The monoisotopic (exact) mass is 266 g/mol. The van der Waals surface area contributed by atoms with Crippen LogP contribution >= 0.6 is 11.8 Å². The highest BCUT2D eigenvalue weighted by Gasteiger charge is 2.05. The molecule has 1 aromatic heterocycles. The standard InChI is InChI=1S/C11H14N4O2S/c1-2-17-7-3-4-8-9(5-7)14-11(13-8)18-6-10(12)15-16/h3-5,16H,2,6H2,1H3,(H2,12,15)(H,13,14). The quantitative estimate of drug-likeness (QED) is 0.252. The average Bonchev–Trinajstić information content (AvgIpc) is 2.78. The first-order chi connectivity index (χ1) is 8.72. The summed E-state index contributed by atoms with van der Waals surface area (Å²) in [4.78, 5) is 7.53. The number of nitrogens with two attached hydrogens (primary N) is 1. The molecule has 0 aliphatic heterocycles. The van der Waals surface area contributed by atoms with Crippen LogP contribution in [0.1, 0.15) is 6.92 Å². The number of oxime groups is 1. The normalized spacial score (nSPS) is 11.9. The zero-order valence-corrected chi connectivity index (χ0v) is 10.7. The van der Waals surface area contributed by atoms with E-state index in [0.29, 0.717) is 12.4 Å². The molecule has 1 aromatic carbocycles. The number of nitrogens with one attached hydrogen (secondary N) is 1. The maximum absolute atomic E-state index is 8.45. The van der Waals surface area contributed by atoms with E-state index in [1.807, 2.05) is 25.1 Å². The molecule has 0 radical (unpaired) electrons. The number of rotatable bonds is 5. The van der Waals surface area contributed by atoms with Gasteiger partial charge in [-0.2, -0.15) is 0 Å². The number of H-pyrrole nitrogens is 1. The number of nitrogens with zero attached hydrogens (tertiary/aromatic N) is 2. The molecule has 0 saturated heterocycles. The highest BCUT2D eigenvalue weighted by Crippen LogP contribution is 2.23. The Morgan fingerprint density at radius 3 is 3.17 bits per heavy atom. The zero-order chi connectivity index (χ0) is 13.0. The highest BCUT2D eigenvalue weighted by molar-refractivity contribution is 7.99. The molecule has 0 fully saturated rings. The van der Waals surface area contributed by atoms with Crippen molar-refractivity contribution >= 4 is 28.6 Å². The summed E-state index contributed by atoms with van der Waals surface area (Å²) >= 11 is 1.37. The summed E-state index contributed by atoms with van der Waals surface area (Å²) in [5.41, 5.74) is 7.16. The molecular weight excluding hydrogens is 252 g/mol. The fourth-order valence-corrected chi connectivity index (χ4v) is 2.15. The van der Waals surface area contributed by atoms with Crippen molar-refractivity contribution in [1.29, 1.82) is 0 Å². The molecule has 96 valence electrons. The minimum absolute atomic E-state index is 0.162. The van der Waals surface area contributed by atoms with Crippen LogP contribution in [0.5, 0.6) is 5.75 Å². The van der Waals surface area contributed by atoms with Gasteiger partial charge in [0.05, 0.1) is 23.4 Å². The van der Waals surface area contributed by atoms with E-state index in [2.05, 4.69) is 15.1 Å². The number of aromatic nitrogens is 2. The van der Waals surface area contributed by atoms with Crippen molar-refractivity contribution in [2.24, 2.45) is 10.9 Å². The zero-order valence-electron chi connectivity index (χ0n) is 9.88. The maximum Gasteiger partial charge on any atom is 0.166 e. The van der Waals surface area contributed by atoms with Gasteiger partial charge < -0.3 is 20.7 Å². The number of hydrogen-bond donors (Lipinski definition) is 3. The number of ether oxygens (including phenoxy) is 1. The number of benzene rings is 1. The predicted octanol–water partition coefficient (Wildman–Crippen LogP) is 1.80. The Morgan fingerprint density at radius 1 is 1.61 bits per heavy atom. The second-order valence-corrected chi connectivity index (χ2v) is 4.50. The number of imidazole rings is 1. The van der Waals surface area contributed by atoms with Gasteiger partial charge in [-0.1, -0.05) is 16.9 Å². The van der Waals surface area contributed by atoms with E-state index in [1.54, 1.807) is 0 Å². The van der Waals surface area contributed by atoms with E-state index >= 15 is 0 Å². The lowest BCUT2D eigenvalue weighted by Crippen LogP contribution is -2.14. The summed E-state index contributed by atoms with van der Waals surface area (Å²) in [5, 5.41) is 12.1. The summed E-state index contributed by atoms with van der Waals surface area (Å²) in [6.45, 7) is 2.57. The SMILES string of the molecule is CCOc1ccc2nc(SC/C(N)=N/O)[nH]c2c1. The molecule has 2 aromatic rings. The van der Waals surface area contributed by atoms with Gasteiger partial charge in [-0.15, -0.1) is 0 Å². The minimum Gasteiger partial charge on any atom is -0.494 e. The van der Waals surface area contributed by atoms with Crippen LogP contribution in [0, 0.1) is 0 Å². The van der Waals surface area contributed by atoms with Crippen LogP contribution in [0.15, 0.2) is 28.5 Å². The summed E-state index contributed by atoms with van der Waals surface area (Å²) in [5.74, 6) is 1.35. The Morgan fingerprint density at radius 2 is 2.44 bits per heavy atom. The van der Waals surface area contributed by atoms with Crippen LogP contribution in [0.2, 0.25) is 0 Å². The lowest BCUT2D eigenvalue weighted by Gasteiger charge is -2.00. The van der Waals surface area contributed by atoms with Crippen LogP contribution in [-0.2, 0) is 0 Å². The Labute approximate surface area is 108 Å². The fraction of sp³-hybridized carbons (Fsp3) is 0.273. The number of aromatic amines is 1. The Kier molecular flexibility index (Phi) is 3.93. The van der Waals surface area contributed by atoms with Crippen LogP contribution in [0.4, 0.5) is 0 Å². The van der Waals surface area contributed by atoms with Gasteiger partial charge in [0, 0.05) is 6.07 Å². The Balaban J connectivity index is 2.16. The first-order valence-corrected chi connectivity index (χ1v) is 6.43. The van der Waals surface area contributed by atoms with E-state index in [1.165, 1.54) is 11.8 Å². The number of thioether (sulfide) groups is 1. The smallest absolute Gasteiger partial charge is 0.166 e. The molecule has 0 aliphatic carbocycles. The molecule has 2 rings (SSSR count). The minimum atomic E-state index is 0.162. The van der Waals surface area contributed by atoms with E-state index in [4.69, 9.17) is 15.7 Å². The predicted molar refractivity (Wildman–Crippen MR) is 71.4 cm³/mol. The summed E-state index contributed by atoms with van der Waals surface area (Å²) in [6.07, 6.45) is 0. The lowest BCUT2D eigenvalue weighted by atomic mass is 10.3. The Bertz CT molecular complexity index is 567. The van der Waals surface area contributed by atoms with Crippen LogP contribution in [0.25, 0.3) is 11.0 Å². The number of amidine groups is 1. The van der Waals surface area contributed by atoms with Crippen LogP contribution in [-0.4, -0.2) is 33.4 Å². The van der Waals surface area contributed by atoms with Crippen LogP contribution in [0.3, 0.4) is 0 Å². The van der Waals surface area contributed by atoms with Crippen molar-refractivity contribution in [3.05, 3.63) is 18.2 Å². The molecule has 0 aliphatic rings. The van der Waals surface area contributed by atoms with E-state index in [0.717, 1.165) is 21.9 Å². The van der Waals surface area contributed by atoms with Gasteiger partial charge in [0.25, 0.3) is 0 Å². The first kappa shape index (κ1) is 12.6. The van der Waals surface area contributed by atoms with E-state index in [-0.39, 0.29) is 5.84 Å². The van der Waals surface area contributed by atoms with Crippen molar-refractivity contribution in [1.82, 2.24) is 9.97 Å². The largest absolute Gasteiger partial charge is 0.494 e. The van der Waals surface area contributed by atoms with Gasteiger partial charge >= 0.3 is 0 Å². The lowest BCUT2D eigenvalue weighted by molar-refractivity contribution is 0.318. The molecule has 0 spiro atoms. The van der Waals surface area contributed by atoms with E-state index in [9.17, 15) is 0 Å². The molecule has 6 nitrogen and oxygen atoms in total. The third-order valence-electron chi connectivity index (χ3n) is 2.23. The second kappa shape index (κ2) is 5.63. The summed E-state index contributed by atoms with van der Waals surface area (Å²) in [6, 6.07) is 5.68. The molecule has 4 N–H and O–H groups in total. The van der Waals surface area contributed by atoms with Crippen molar-refractivity contribution in [3.8, 4) is 5.75 Å². The third kappa shape index (κ3) is 2.86. The first-order valence-electron chi connectivity index (χ1n) is 5.44. The topological polar surface area (TPSA) is 96.5 Å². The van der Waals surface area contributed by atoms with Crippen molar-refractivity contribution in [3.63, 3.8) is 0 Å². The molecular formula is C11H14N4O2S. The number of hydrogen-bond acceptors (Lipinski definition) is 5. The molecule has 0 atom stereocenters. The van der Waals surface area contributed by atoms with Crippen molar-refractivity contribution in [2.75, 3.05) is 12.4 Å². The summed E-state index contributed by atoms with van der Waals surface area (Å²) < 4.78 is 5.41. The Hall–Kier alpha value is -1.89. The third-order valence-corrected chi connectivity index (χ3v) is 3.13. The molecule has 0 saturated carbocycles. The van der Waals surface area contributed by atoms with Gasteiger partial charge in [0.1, 0.15) is 11.6 Å². The van der Waals surface area contributed by atoms with E-state index < -0.39 is 0 Å². The molecule has 18 heavy (non-hydrogen) atoms. The van der Waals surface area contributed by atoms with Crippen LogP contribution < -0.4 is 10.5 Å². The van der Waals surface area contributed by atoms with Crippen molar-refractivity contribution < 1.29 is 9.94 Å². The number of fused-ring (bicyclic) bond motifs is 1. The van der Waals surface area contributed by atoms with Gasteiger partial charge in [0.15, 0.2) is 5.16 Å². The molecule has 0 unspecified atom stereocenters. The maximum atomic E-state index is 8.45. The molecule has 7 heteroatoms. The summed E-state index contributed by atoms with van der Waals surface area (Å²) in [7, 11) is 0. The molecule has 1 heterocycles. The molecule has 0 bridgehead atoms. The van der Waals surface area contributed by atoms with Gasteiger partial charge in [-0.05, 0) is 19.1 Å². The average molecular weight is 266 g/mol. The fourth-order valence-electron chi connectivity index (χ4n) is 1.46. The molecule has 0 amide bonds. The van der Waals surface area contributed by atoms with Gasteiger partial charge in [-0.3, -0.25) is 0 Å².